The van der Waals surface area contributed by atoms with Crippen LogP contribution in [0.15, 0.2) is 98.1 Å². The molecule has 1 N–H and O–H groups in total. The molecule has 16 rings (SSSR count). The minimum absolute atomic E-state index is 0.0239. The van der Waals surface area contributed by atoms with Gasteiger partial charge >= 0.3 is 0 Å². The van der Waals surface area contributed by atoms with Crippen LogP contribution in [0.1, 0.15) is 86.8 Å². The number of amides is 1. The van der Waals surface area contributed by atoms with Gasteiger partial charge in [-0.25, -0.2) is 0 Å². The monoisotopic (exact) mass is 1330 g/mol. The predicted octanol–water partition coefficient (Wildman–Crippen LogP) is 15.9. The zero-order valence-electron chi connectivity index (χ0n) is 53.1. The predicted molar refractivity (Wildman–Crippen MR) is 369 cm³/mol. The van der Waals surface area contributed by atoms with Crippen LogP contribution in [0.4, 0.5) is 0 Å². The maximum Gasteiger partial charge on any atom is 0.264 e. The minimum Gasteiger partial charge on any atom is -0.495 e. The molecule has 1 saturated heterocycles. The second-order valence-corrected chi connectivity index (χ2v) is 27.3. The van der Waals surface area contributed by atoms with Crippen molar-refractivity contribution in [1.29, 1.82) is 0 Å². The highest BCUT2D eigenvalue weighted by Crippen LogP contribution is 2.54. The Morgan fingerprint density at radius 2 is 0.839 bits per heavy atom. The smallest absolute Gasteiger partial charge is 0.264 e. The second-order valence-electron chi connectivity index (χ2n) is 23.0. The summed E-state index contributed by atoms with van der Waals surface area (Å²) in [5, 5.41) is 21.9. The average Bonchev–Trinajstić information content (AvgIpc) is 1.54. The highest BCUT2D eigenvalue weighted by molar-refractivity contribution is 7.22. The summed E-state index contributed by atoms with van der Waals surface area (Å²) in [5.41, 5.74) is 0. The Morgan fingerprint density at radius 1 is 0.473 bits per heavy atom. The van der Waals surface area contributed by atoms with E-state index in [2.05, 4.69) is 32.9 Å². The van der Waals surface area contributed by atoms with Gasteiger partial charge in [0.15, 0.2) is 5.78 Å². The topological polar surface area (TPSA) is 201 Å². The normalized spacial score (nSPS) is 15.3. The summed E-state index contributed by atoms with van der Waals surface area (Å²) in [6.07, 6.45) is 20.7. The molecular weight excluding hydrogens is 1260 g/mol. The molecule has 0 radical (unpaired) electrons. The van der Waals surface area contributed by atoms with Crippen LogP contribution in [0.3, 0.4) is 0 Å². The number of hydrogen-bond acceptors (Lipinski definition) is 21. The molecule has 1 amide bonds. The fourth-order valence-electron chi connectivity index (χ4n) is 12.5. The number of fused-ring (bicyclic) bond motifs is 8. The van der Waals surface area contributed by atoms with Crippen LogP contribution < -0.4 is 37.9 Å². The molecule has 3 aliphatic carbocycles. The number of aromatic nitrogens is 4. The van der Waals surface area contributed by atoms with Gasteiger partial charge in [0, 0.05) is 150 Å². The van der Waals surface area contributed by atoms with E-state index in [9.17, 15) is 14.7 Å². The van der Waals surface area contributed by atoms with Gasteiger partial charge in [-0.15, -0.1) is 45.3 Å². The number of methoxy groups -OCH3 is 8. The first-order valence-corrected chi connectivity index (χ1v) is 34.1. The van der Waals surface area contributed by atoms with Gasteiger partial charge in [-0.2, -0.15) is 0 Å². The Balaban J connectivity index is 0.000000113. The number of benzene rings is 4. The van der Waals surface area contributed by atoms with Crippen LogP contribution in [-0.4, -0.2) is 131 Å². The number of nitrogens with zero attached hydrogens (tertiary/aromatic N) is 5. The van der Waals surface area contributed by atoms with Crippen molar-refractivity contribution in [3.8, 4) is 46.0 Å². The summed E-state index contributed by atoms with van der Waals surface area (Å²) in [4.78, 5) is 47.6. The molecule has 18 nitrogen and oxygen atoms in total. The van der Waals surface area contributed by atoms with Crippen molar-refractivity contribution in [1.82, 2.24) is 24.8 Å². The minimum atomic E-state index is -0.381. The molecule has 3 saturated carbocycles. The van der Waals surface area contributed by atoms with Crippen molar-refractivity contribution < 1.29 is 62.1 Å². The third kappa shape index (κ3) is 12.0. The molecule has 0 bridgehead atoms. The molecule has 2 unspecified atom stereocenters. The largest absolute Gasteiger partial charge is 0.495 e. The first-order valence-electron chi connectivity index (χ1n) is 30.9. The van der Waals surface area contributed by atoms with Gasteiger partial charge in [-0.1, -0.05) is 0 Å². The van der Waals surface area contributed by atoms with E-state index in [-0.39, 0.29) is 29.8 Å². The number of ketones is 1. The number of morpholine rings is 1. The van der Waals surface area contributed by atoms with Crippen LogP contribution in [0.2, 0.25) is 0 Å². The van der Waals surface area contributed by atoms with Crippen LogP contribution >= 0.6 is 45.3 Å². The van der Waals surface area contributed by atoms with Crippen LogP contribution in [0.25, 0.3) is 83.4 Å². The van der Waals surface area contributed by atoms with E-state index in [0.29, 0.717) is 43.0 Å². The lowest BCUT2D eigenvalue weighted by atomic mass is 10.1. The number of aliphatic hydroxyl groups excluding tert-OH is 1. The lowest BCUT2D eigenvalue weighted by molar-refractivity contribution is 0.0306. The Kier molecular flexibility index (Phi) is 18.7. The fourth-order valence-corrected chi connectivity index (χ4v) is 17.4. The van der Waals surface area contributed by atoms with E-state index in [4.69, 9.17) is 47.4 Å². The molecule has 9 heterocycles. The molecule has 4 aliphatic rings. The molecule has 1 aliphatic heterocycles. The summed E-state index contributed by atoms with van der Waals surface area (Å²) in [5.74, 6) is 7.91. The highest BCUT2D eigenvalue weighted by Gasteiger charge is 2.36. The van der Waals surface area contributed by atoms with E-state index < -0.39 is 0 Å². The van der Waals surface area contributed by atoms with Crippen molar-refractivity contribution in [2.75, 3.05) is 89.8 Å². The third-order valence-electron chi connectivity index (χ3n) is 17.4. The van der Waals surface area contributed by atoms with E-state index in [0.717, 1.165) is 171 Å². The summed E-state index contributed by atoms with van der Waals surface area (Å²) in [7, 11) is 13.4. The van der Waals surface area contributed by atoms with E-state index in [1.165, 1.54) is 40.4 Å². The maximum absolute atomic E-state index is 12.8. The molecule has 482 valence electrons. The SMILES string of the molecule is CCOC(c1cc2c(OC)c3cnccc3c(OC)c2s1)C1CC1.COc1c2cnccc2c(OC)c2sc(C(=O)C3CC3)cc12.COc1c2cnccc2c(OC)c2sc(C(=O)N3CCOCC3)cc12.COc1c2cnccc2c(OC)c2sc(C(O)C3CC3)cc12. The molecule has 12 aromatic rings. The van der Waals surface area contributed by atoms with Crippen molar-refractivity contribution in [2.24, 2.45) is 17.8 Å². The first-order chi connectivity index (χ1) is 45.5. The number of pyridine rings is 4. The highest BCUT2D eigenvalue weighted by atomic mass is 32.1. The summed E-state index contributed by atoms with van der Waals surface area (Å²) < 4.78 is 60.7. The van der Waals surface area contributed by atoms with Gasteiger partial charge in [0.2, 0.25) is 0 Å². The number of hydrogen-bond donors (Lipinski definition) is 1. The van der Waals surface area contributed by atoms with Crippen molar-refractivity contribution in [3.05, 3.63) is 118 Å². The molecule has 0 spiro atoms. The van der Waals surface area contributed by atoms with Gasteiger partial charge in [0.25, 0.3) is 5.91 Å². The van der Waals surface area contributed by atoms with Gasteiger partial charge in [-0.3, -0.25) is 29.5 Å². The molecule has 8 aromatic heterocycles. The van der Waals surface area contributed by atoms with Gasteiger partial charge in [-0.05, 0) is 106 Å². The van der Waals surface area contributed by atoms with Crippen LogP contribution in [-0.2, 0) is 9.47 Å². The Morgan fingerprint density at radius 3 is 1.23 bits per heavy atom. The van der Waals surface area contributed by atoms with Crippen LogP contribution in [0.5, 0.6) is 46.0 Å². The Bertz CT molecular complexity index is 4530. The lowest BCUT2D eigenvalue weighted by Gasteiger charge is -2.26. The van der Waals surface area contributed by atoms with Crippen LogP contribution in [0, 0.1) is 17.8 Å². The molecular formula is C71H71N5O13S4. The molecule has 4 fully saturated rings. The molecule has 22 heteroatoms. The zero-order valence-corrected chi connectivity index (χ0v) is 56.4. The Labute approximate surface area is 552 Å². The number of carbonyl (C=O) groups is 2. The lowest BCUT2D eigenvalue weighted by Crippen LogP contribution is -2.40. The van der Waals surface area contributed by atoms with Gasteiger partial charge in [0.05, 0.1) is 111 Å². The molecule has 4 aromatic carbocycles. The van der Waals surface area contributed by atoms with Crippen molar-refractivity contribution >= 4 is 140 Å². The average molecular weight is 1330 g/mol. The molecule has 2 atom stereocenters. The number of thiophene rings is 4. The van der Waals surface area contributed by atoms with Gasteiger partial charge in [0.1, 0.15) is 46.0 Å². The summed E-state index contributed by atoms with van der Waals surface area (Å²) in [6, 6.07) is 15.8. The van der Waals surface area contributed by atoms with Crippen molar-refractivity contribution in [3.63, 3.8) is 0 Å². The standard InChI is InChI=1S/C19H21NO3S.C18H18N2O4S.C17H17NO3S.C17H15NO3S/c1-4-23-16(11-5-6-11)15-9-13-17(21-2)14-10-20-8-7-12(14)18(22-3)19(13)24-15;1-22-15-12-9-14(18(21)20-5-7-24-8-6-20)25-17(12)16(23-2)11-3-4-19-10-13(11)15;2*1-20-15-11-7-13(14(19)9-3-4-9)22-17(11)16(21-2)10-5-6-18-8-12(10)15/h7-11,16H,4-6H2,1-3H3;3-4,9-10H,5-8H2,1-2H3;5-9,14,19H,3-4H2,1-2H3;5-9H,3-4H2,1-2H3. The number of Topliss-reactive ketones (excluding diaryl/α,β-unsaturated/α-hetero) is 1. The summed E-state index contributed by atoms with van der Waals surface area (Å²) >= 11 is 6.28. The first kappa shape index (κ1) is 63.5. The molecule has 93 heavy (non-hydrogen) atoms. The second kappa shape index (κ2) is 27.4. The third-order valence-corrected chi connectivity index (χ3v) is 22.1. The summed E-state index contributed by atoms with van der Waals surface area (Å²) in [6.45, 7) is 5.19. The van der Waals surface area contributed by atoms with E-state index in [1.54, 1.807) is 123 Å². The van der Waals surface area contributed by atoms with Gasteiger partial charge < -0.3 is 57.4 Å². The maximum atomic E-state index is 12.8. The Hall–Kier alpha value is -8.22. The number of rotatable bonds is 17. The fraction of sp³-hybridized carbons (Fsp3) is 0.352. The number of aliphatic hydroxyl groups is 1. The zero-order chi connectivity index (χ0) is 64.6. The number of carbonyl (C=O) groups excluding carboxylic acids is 2. The van der Waals surface area contributed by atoms with Crippen molar-refractivity contribution in [2.45, 2.75) is 57.7 Å². The van der Waals surface area contributed by atoms with E-state index >= 15 is 0 Å². The van der Waals surface area contributed by atoms with E-state index in [1.807, 2.05) is 53.6 Å². The quantitative estimate of drug-likeness (QED) is 0.0843. The number of ether oxygens (including phenoxy) is 10.